The minimum absolute atomic E-state index is 0.0108. The molecule has 1 amide bonds. The fourth-order valence-corrected chi connectivity index (χ4v) is 6.90. The highest BCUT2D eigenvalue weighted by atomic mass is 35.5. The molecule has 3 aromatic rings. The first kappa shape index (κ1) is 42.5. The molecule has 0 radical (unpaired) electrons. The first-order chi connectivity index (χ1) is 24.8. The normalized spacial score (nSPS) is 18.2. The smallest absolute Gasteiger partial charge is 0.261 e. The second kappa shape index (κ2) is 18.4. The second-order valence-electron chi connectivity index (χ2n) is 13.4. The zero-order valence-electron chi connectivity index (χ0n) is 30.4. The summed E-state index contributed by atoms with van der Waals surface area (Å²) in [7, 11) is -7.33. The summed E-state index contributed by atoms with van der Waals surface area (Å²) in [5.74, 6) is 1.37. The molecule has 4 N–H and O–H groups in total. The van der Waals surface area contributed by atoms with Gasteiger partial charge in [0.15, 0.2) is 5.75 Å². The number of aryl methyl sites for hydroxylation is 2. The van der Waals surface area contributed by atoms with Gasteiger partial charge in [0.2, 0.25) is 0 Å². The van der Waals surface area contributed by atoms with Crippen LogP contribution in [0.5, 0.6) is 11.5 Å². The van der Waals surface area contributed by atoms with Crippen molar-refractivity contribution in [2.24, 2.45) is 0 Å². The summed E-state index contributed by atoms with van der Waals surface area (Å²) in [5, 5.41) is 8.24. The summed E-state index contributed by atoms with van der Waals surface area (Å²) in [6, 6.07) is 18.7. The van der Waals surface area contributed by atoms with Gasteiger partial charge in [-0.3, -0.25) is 13.9 Å². The average molecular weight is 813 g/mol. The van der Waals surface area contributed by atoms with Crippen molar-refractivity contribution in [2.45, 2.75) is 64.7 Å². The van der Waals surface area contributed by atoms with E-state index in [0.29, 0.717) is 60.1 Å². The van der Waals surface area contributed by atoms with E-state index < -0.39 is 20.2 Å². The Labute approximate surface area is 322 Å². The van der Waals surface area contributed by atoms with Gasteiger partial charge < -0.3 is 25.0 Å². The van der Waals surface area contributed by atoms with Crippen molar-refractivity contribution in [3.8, 4) is 11.5 Å². The number of carbonyl (C=O) groups excluding carboxylic acids is 1. The summed E-state index contributed by atoms with van der Waals surface area (Å²) in [6.07, 6.45) is 4.37. The zero-order chi connectivity index (χ0) is 39.1. The Bertz CT molecular complexity index is 1950. The first-order valence-corrected chi connectivity index (χ1v) is 21.5. The van der Waals surface area contributed by atoms with Crippen molar-refractivity contribution < 1.29 is 40.2 Å². The van der Waals surface area contributed by atoms with Gasteiger partial charge in [-0.15, -0.1) is 0 Å². The molecular weight excluding hydrogens is 765 g/mol. The maximum absolute atomic E-state index is 14.4. The second-order valence-corrected chi connectivity index (χ2v) is 17.2. The van der Waals surface area contributed by atoms with Gasteiger partial charge in [-0.1, -0.05) is 53.5 Å². The SMILES string of the molecule is CS(=O)(=O)O.CS(=O)(=O)O.Cc1cc(Cl)c(OCCOc2ccc(C3=C(C(=O)N(Cc4cccc(C)c4C)C4CC4)C4CNCC(C3)N4)cc2)c(Cl)c1. The Morgan fingerprint density at radius 2 is 1.47 bits per heavy atom. The summed E-state index contributed by atoms with van der Waals surface area (Å²) in [4.78, 5) is 16.6. The molecule has 290 valence electrons. The van der Waals surface area contributed by atoms with Gasteiger partial charge in [0.05, 0.1) is 28.6 Å². The van der Waals surface area contributed by atoms with E-state index >= 15 is 0 Å². The lowest BCUT2D eigenvalue weighted by atomic mass is 9.83. The van der Waals surface area contributed by atoms with Crippen molar-refractivity contribution in [1.29, 1.82) is 0 Å². The number of carbonyl (C=O) groups is 1. The highest BCUT2D eigenvalue weighted by Crippen LogP contribution is 2.37. The first-order valence-electron chi connectivity index (χ1n) is 17.0. The van der Waals surface area contributed by atoms with Crippen LogP contribution in [0.1, 0.15) is 47.1 Å². The topological polar surface area (TPSA) is 172 Å². The predicted octanol–water partition coefficient (Wildman–Crippen LogP) is 5.66. The third-order valence-corrected chi connectivity index (χ3v) is 9.34. The molecular formula is C37H47Cl2N3O9S2. The van der Waals surface area contributed by atoms with Crippen molar-refractivity contribution >= 4 is 54.9 Å². The maximum atomic E-state index is 14.4. The van der Waals surface area contributed by atoms with Crippen LogP contribution in [0.25, 0.3) is 5.57 Å². The monoisotopic (exact) mass is 811 g/mol. The molecule has 1 saturated carbocycles. The standard InChI is InChI=1S/C35H39Cl2N3O3.2CH4O3S/c1-21-15-30(36)34(31(37)16-21)43-14-13-42-28-11-7-24(8-12-28)29-17-26-18-38-19-32(39-26)33(29)35(41)40(27-9-10-27)20-25-6-4-5-22(2)23(25)3;2*1-5(2,3)4/h4-8,11-12,15-16,26-27,32,38-39H,9-10,13-14,17-20H2,1-3H3;2*1H3,(H,2,3,4). The van der Waals surface area contributed by atoms with E-state index in [1.165, 1.54) is 16.7 Å². The van der Waals surface area contributed by atoms with Gasteiger partial charge in [0.25, 0.3) is 26.1 Å². The Balaban J connectivity index is 0.000000556. The number of ether oxygens (including phenoxy) is 2. The van der Waals surface area contributed by atoms with Crippen LogP contribution >= 0.6 is 23.2 Å². The lowest BCUT2D eigenvalue weighted by Crippen LogP contribution is -2.60. The fraction of sp³-hybridized carbons (Fsp3) is 0.432. The highest BCUT2D eigenvalue weighted by Gasteiger charge is 2.41. The number of hydrogen-bond donors (Lipinski definition) is 4. The van der Waals surface area contributed by atoms with Crippen LogP contribution in [0.3, 0.4) is 0 Å². The molecule has 2 atom stereocenters. The Morgan fingerprint density at radius 1 is 0.887 bits per heavy atom. The van der Waals surface area contributed by atoms with Crippen molar-refractivity contribution in [3.05, 3.63) is 98.0 Å². The molecule has 53 heavy (non-hydrogen) atoms. The lowest BCUT2D eigenvalue weighted by Gasteiger charge is -2.41. The number of fused-ring (bicyclic) bond motifs is 2. The van der Waals surface area contributed by atoms with Crippen LogP contribution in [0.2, 0.25) is 10.0 Å². The highest BCUT2D eigenvalue weighted by molar-refractivity contribution is 7.85. The van der Waals surface area contributed by atoms with E-state index in [2.05, 4.69) is 59.7 Å². The fourth-order valence-electron chi connectivity index (χ4n) is 6.19. The van der Waals surface area contributed by atoms with E-state index in [4.69, 9.17) is 41.8 Å². The number of halogens is 2. The number of rotatable bonds is 10. The summed E-state index contributed by atoms with van der Waals surface area (Å²) < 4.78 is 63.5. The minimum atomic E-state index is -3.67. The van der Waals surface area contributed by atoms with Crippen molar-refractivity contribution in [2.75, 3.05) is 38.8 Å². The van der Waals surface area contributed by atoms with Crippen LogP contribution in [0.15, 0.2) is 60.2 Å². The molecule has 6 rings (SSSR count). The van der Waals surface area contributed by atoms with Crippen LogP contribution in [0.4, 0.5) is 0 Å². The molecule has 1 aliphatic carbocycles. The summed E-state index contributed by atoms with van der Waals surface area (Å²) in [5.41, 5.74) is 7.85. The molecule has 0 aromatic heterocycles. The Hall–Kier alpha value is -3.21. The van der Waals surface area contributed by atoms with Crippen LogP contribution in [-0.2, 0) is 31.6 Å². The van der Waals surface area contributed by atoms with Gasteiger partial charge >= 0.3 is 0 Å². The van der Waals surface area contributed by atoms with Gasteiger partial charge in [-0.2, -0.15) is 16.8 Å². The Kier molecular flexibility index (Phi) is 14.8. The maximum Gasteiger partial charge on any atom is 0.261 e. The summed E-state index contributed by atoms with van der Waals surface area (Å²) in [6.45, 7) is 9.18. The van der Waals surface area contributed by atoms with Crippen LogP contribution < -0.4 is 20.1 Å². The van der Waals surface area contributed by atoms with Gasteiger partial charge in [-0.25, -0.2) is 0 Å². The molecule has 2 unspecified atom stereocenters. The molecule has 16 heteroatoms. The molecule has 3 aliphatic rings. The quantitative estimate of drug-likeness (QED) is 0.147. The largest absolute Gasteiger partial charge is 0.490 e. The minimum Gasteiger partial charge on any atom is -0.490 e. The molecule has 1 saturated heterocycles. The number of hydrogen-bond acceptors (Lipinski definition) is 9. The molecule has 2 aliphatic heterocycles. The van der Waals surface area contributed by atoms with Crippen molar-refractivity contribution in [1.82, 2.24) is 15.5 Å². The zero-order valence-corrected chi connectivity index (χ0v) is 33.5. The third kappa shape index (κ3) is 13.5. The number of nitrogens with zero attached hydrogens (tertiary/aromatic N) is 1. The molecule has 2 heterocycles. The van der Waals surface area contributed by atoms with Crippen molar-refractivity contribution in [3.63, 3.8) is 0 Å². The lowest BCUT2D eigenvalue weighted by molar-refractivity contribution is -0.128. The van der Waals surface area contributed by atoms with Gasteiger partial charge in [-0.05, 0) is 97.7 Å². The van der Waals surface area contributed by atoms with E-state index in [0.717, 1.165) is 60.4 Å². The van der Waals surface area contributed by atoms with E-state index in [1.807, 2.05) is 31.2 Å². The van der Waals surface area contributed by atoms with Gasteiger partial charge in [0, 0.05) is 37.3 Å². The van der Waals surface area contributed by atoms with E-state index in [1.54, 1.807) is 0 Å². The summed E-state index contributed by atoms with van der Waals surface area (Å²) >= 11 is 12.6. The van der Waals surface area contributed by atoms with Gasteiger partial charge in [0.1, 0.15) is 19.0 Å². The predicted molar refractivity (Wildman–Crippen MR) is 208 cm³/mol. The van der Waals surface area contributed by atoms with E-state index in [-0.39, 0.29) is 11.9 Å². The number of amides is 1. The molecule has 0 spiro atoms. The molecule has 2 bridgehead atoms. The van der Waals surface area contributed by atoms with Crippen LogP contribution in [-0.4, -0.2) is 93.7 Å². The average Bonchev–Trinajstić information content (AvgIpc) is 3.89. The van der Waals surface area contributed by atoms with Crippen LogP contribution in [0, 0.1) is 20.8 Å². The van der Waals surface area contributed by atoms with E-state index in [9.17, 15) is 21.6 Å². The number of benzene rings is 3. The Morgan fingerprint density at radius 3 is 2.06 bits per heavy atom. The number of piperazine rings is 1. The molecule has 2 fully saturated rings. The number of nitrogens with one attached hydrogen (secondary N) is 2. The molecule has 12 nitrogen and oxygen atoms in total. The molecule has 3 aromatic carbocycles. The third-order valence-electron chi connectivity index (χ3n) is 8.78.